The van der Waals surface area contributed by atoms with Crippen molar-refractivity contribution in [1.29, 1.82) is 0 Å². The Labute approximate surface area is 114 Å². The number of ether oxygens (including phenoxy) is 2. The van der Waals surface area contributed by atoms with Gasteiger partial charge >= 0.3 is 0 Å². The number of hydrogen-bond donors (Lipinski definition) is 0. The van der Waals surface area contributed by atoms with E-state index in [1.165, 1.54) is 12.8 Å². The third-order valence-corrected chi connectivity index (χ3v) is 5.97. The largest absolute Gasteiger partial charge is 0.349 e. The monoisotopic (exact) mass is 268 g/mol. The molecule has 1 aliphatic carbocycles. The van der Waals surface area contributed by atoms with E-state index in [2.05, 4.69) is 13.8 Å². The highest BCUT2D eigenvalue weighted by Crippen LogP contribution is 2.59. The van der Waals surface area contributed by atoms with Crippen molar-refractivity contribution in [3.05, 3.63) is 0 Å². The van der Waals surface area contributed by atoms with Crippen molar-refractivity contribution in [3.8, 4) is 0 Å². The molecule has 0 amide bonds. The first kappa shape index (κ1) is 12.6. The molecule has 4 aliphatic heterocycles. The molecular formula is C15H24O4. The van der Waals surface area contributed by atoms with Crippen molar-refractivity contribution in [2.75, 3.05) is 6.61 Å². The summed E-state index contributed by atoms with van der Waals surface area (Å²) in [5.74, 6) is 1.53. The first-order valence-corrected chi connectivity index (χ1v) is 7.71. The fourth-order valence-electron chi connectivity index (χ4n) is 4.88. The fraction of sp³-hybridized carbons (Fsp3) is 1.00. The number of hydrogen-bond acceptors (Lipinski definition) is 4. The lowest BCUT2D eigenvalue weighted by molar-refractivity contribution is -0.566. The summed E-state index contributed by atoms with van der Waals surface area (Å²) < 4.78 is 12.2. The third-order valence-electron chi connectivity index (χ3n) is 5.97. The van der Waals surface area contributed by atoms with Gasteiger partial charge in [-0.25, -0.2) is 9.78 Å². The van der Waals surface area contributed by atoms with Gasteiger partial charge in [-0.1, -0.05) is 13.8 Å². The molecule has 5 rings (SSSR count). The van der Waals surface area contributed by atoms with Crippen LogP contribution in [0.2, 0.25) is 0 Å². The van der Waals surface area contributed by atoms with E-state index in [0.29, 0.717) is 23.7 Å². The molecule has 1 saturated carbocycles. The van der Waals surface area contributed by atoms with Crippen LogP contribution in [0.4, 0.5) is 0 Å². The fourth-order valence-corrected chi connectivity index (χ4v) is 4.88. The van der Waals surface area contributed by atoms with Gasteiger partial charge in [-0.15, -0.1) is 0 Å². The second kappa shape index (κ2) is 3.94. The van der Waals surface area contributed by atoms with Crippen LogP contribution >= 0.6 is 0 Å². The summed E-state index contributed by atoms with van der Waals surface area (Å²) in [7, 11) is 0. The van der Waals surface area contributed by atoms with Gasteiger partial charge in [0.25, 0.3) is 0 Å². The van der Waals surface area contributed by atoms with Crippen LogP contribution in [0.1, 0.15) is 46.5 Å². The minimum Gasteiger partial charge on any atom is -0.349 e. The van der Waals surface area contributed by atoms with E-state index in [4.69, 9.17) is 19.2 Å². The molecular weight excluding hydrogens is 244 g/mol. The van der Waals surface area contributed by atoms with Crippen LogP contribution < -0.4 is 0 Å². The quantitative estimate of drug-likeness (QED) is 0.633. The van der Waals surface area contributed by atoms with Crippen molar-refractivity contribution in [1.82, 2.24) is 0 Å². The molecule has 2 bridgehead atoms. The zero-order valence-corrected chi connectivity index (χ0v) is 12.1. The van der Waals surface area contributed by atoms with Gasteiger partial charge < -0.3 is 9.47 Å². The van der Waals surface area contributed by atoms with E-state index < -0.39 is 5.79 Å². The van der Waals surface area contributed by atoms with E-state index in [0.717, 1.165) is 19.4 Å². The average Bonchev–Trinajstić information content (AvgIpc) is 2.61. The molecule has 0 aromatic rings. The Bertz CT molecular complexity index is 386. The van der Waals surface area contributed by atoms with Gasteiger partial charge in [-0.05, 0) is 43.9 Å². The van der Waals surface area contributed by atoms with E-state index in [1.54, 1.807) is 0 Å². The van der Waals surface area contributed by atoms with E-state index in [9.17, 15) is 0 Å². The topological polar surface area (TPSA) is 36.9 Å². The highest BCUT2D eigenvalue weighted by atomic mass is 17.3. The van der Waals surface area contributed by atoms with Crippen molar-refractivity contribution in [2.45, 2.75) is 64.1 Å². The van der Waals surface area contributed by atoms with Crippen molar-refractivity contribution >= 4 is 0 Å². The second-order valence-electron chi connectivity index (χ2n) is 7.22. The minimum absolute atomic E-state index is 0.248. The predicted octanol–water partition coefficient (Wildman–Crippen LogP) is 2.87. The van der Waals surface area contributed by atoms with Crippen molar-refractivity contribution in [2.24, 2.45) is 23.7 Å². The first-order valence-electron chi connectivity index (χ1n) is 7.71. The Morgan fingerprint density at radius 1 is 0.947 bits per heavy atom. The SMILES string of the molecule is C[C@@H]1CC[C@H]2[C@H](C)CO[C@@H]3O[C@@]4(C)CC[C@@H]1[C@]32OO4. The molecule has 4 heterocycles. The molecule has 108 valence electrons. The molecule has 5 fully saturated rings. The van der Waals surface area contributed by atoms with Crippen LogP contribution in [0.15, 0.2) is 0 Å². The molecule has 7 atom stereocenters. The predicted molar refractivity (Wildman–Crippen MR) is 67.9 cm³/mol. The van der Waals surface area contributed by atoms with Gasteiger partial charge in [0.15, 0.2) is 11.9 Å². The van der Waals surface area contributed by atoms with Gasteiger partial charge in [-0.3, -0.25) is 0 Å². The van der Waals surface area contributed by atoms with Gasteiger partial charge in [0, 0.05) is 12.3 Å². The Hall–Kier alpha value is -0.160. The summed E-state index contributed by atoms with van der Waals surface area (Å²) in [5.41, 5.74) is -0.370. The van der Waals surface area contributed by atoms with Crippen molar-refractivity contribution < 1.29 is 19.2 Å². The zero-order chi connectivity index (χ0) is 13.3. The third kappa shape index (κ3) is 1.54. The van der Waals surface area contributed by atoms with Crippen LogP contribution in [0.3, 0.4) is 0 Å². The Balaban J connectivity index is 1.81. The zero-order valence-electron chi connectivity index (χ0n) is 12.1. The molecule has 19 heavy (non-hydrogen) atoms. The summed E-state index contributed by atoms with van der Waals surface area (Å²) >= 11 is 0. The second-order valence-corrected chi connectivity index (χ2v) is 7.22. The van der Waals surface area contributed by atoms with Gasteiger partial charge in [0.2, 0.25) is 5.79 Å². The van der Waals surface area contributed by atoms with Crippen molar-refractivity contribution in [3.63, 3.8) is 0 Å². The molecule has 0 N–H and O–H groups in total. The lowest BCUT2D eigenvalue weighted by Crippen LogP contribution is -2.68. The van der Waals surface area contributed by atoms with Gasteiger partial charge in [0.1, 0.15) is 0 Å². The minimum atomic E-state index is -0.627. The molecule has 1 spiro atoms. The van der Waals surface area contributed by atoms with Gasteiger partial charge in [-0.2, -0.15) is 0 Å². The van der Waals surface area contributed by atoms with Crippen LogP contribution in [0, 0.1) is 23.7 Å². The lowest BCUT2D eigenvalue weighted by Gasteiger charge is -2.58. The molecule has 0 radical (unpaired) electrons. The molecule has 0 unspecified atom stereocenters. The Kier molecular flexibility index (Phi) is 2.61. The number of rotatable bonds is 0. The average molecular weight is 268 g/mol. The number of fused-ring (bicyclic) bond motifs is 2. The van der Waals surface area contributed by atoms with Gasteiger partial charge in [0.05, 0.1) is 6.61 Å². The van der Waals surface area contributed by atoms with E-state index in [1.807, 2.05) is 6.92 Å². The summed E-state index contributed by atoms with van der Waals surface area (Å²) in [6.45, 7) is 7.36. The van der Waals surface area contributed by atoms with E-state index >= 15 is 0 Å². The normalized spacial score (nSPS) is 60.5. The molecule has 4 saturated heterocycles. The molecule has 4 nitrogen and oxygen atoms in total. The highest BCUT2D eigenvalue weighted by molar-refractivity contribution is 5.08. The van der Waals surface area contributed by atoms with Crippen LogP contribution in [-0.4, -0.2) is 24.3 Å². The molecule has 4 heteroatoms. The highest BCUT2D eigenvalue weighted by Gasteiger charge is 2.67. The summed E-state index contributed by atoms with van der Waals surface area (Å²) in [4.78, 5) is 11.7. The molecule has 5 aliphatic rings. The summed E-state index contributed by atoms with van der Waals surface area (Å²) in [6.07, 6.45) is 4.24. The van der Waals surface area contributed by atoms with E-state index in [-0.39, 0.29) is 11.9 Å². The van der Waals surface area contributed by atoms with Crippen LogP contribution in [0.5, 0.6) is 0 Å². The summed E-state index contributed by atoms with van der Waals surface area (Å²) in [5, 5.41) is 0. The lowest BCUT2D eigenvalue weighted by atomic mass is 9.58. The molecule has 0 aromatic heterocycles. The van der Waals surface area contributed by atoms with Crippen LogP contribution in [0.25, 0.3) is 0 Å². The Morgan fingerprint density at radius 3 is 2.58 bits per heavy atom. The molecule has 0 aromatic carbocycles. The summed E-state index contributed by atoms with van der Waals surface area (Å²) in [6, 6.07) is 0. The maximum atomic E-state index is 6.16. The maximum absolute atomic E-state index is 6.16. The first-order chi connectivity index (χ1) is 9.05. The van der Waals surface area contributed by atoms with Crippen LogP contribution in [-0.2, 0) is 19.2 Å². The standard InChI is InChI=1S/C15H24O4/c1-9-4-5-11-10(2)8-16-13-15(11)12(9)6-7-14(3,17-13)18-19-15/h9-13H,4-8H2,1-3H3/t9-,10-,11+,12+,13-,14-,15+/m1/s1. The smallest absolute Gasteiger partial charge is 0.201 e. The maximum Gasteiger partial charge on any atom is 0.201 e. The Morgan fingerprint density at radius 2 is 1.74 bits per heavy atom.